The topological polar surface area (TPSA) is 67.8 Å². The second kappa shape index (κ2) is 7.74. The summed E-state index contributed by atoms with van der Waals surface area (Å²) in [6.07, 6.45) is 2.60. The van der Waals surface area contributed by atoms with Gasteiger partial charge in [0, 0.05) is 11.4 Å². The van der Waals surface area contributed by atoms with Gasteiger partial charge < -0.3 is 19.9 Å². The Hall–Kier alpha value is -1.40. The normalized spacial score (nSPS) is 14.9. The van der Waals surface area contributed by atoms with Crippen LogP contribution in [0.1, 0.15) is 25.8 Å². The lowest BCUT2D eigenvalue weighted by Gasteiger charge is -2.22. The molecule has 0 spiro atoms. The first-order valence-corrected chi connectivity index (χ1v) is 8.66. The van der Waals surface area contributed by atoms with E-state index in [1.807, 2.05) is 32.2 Å². The molecule has 1 aliphatic heterocycles. The molecule has 5 nitrogen and oxygen atoms in total. The number of carbonyl (C=O) groups is 1. The Kier molecular flexibility index (Phi) is 5.97. The summed E-state index contributed by atoms with van der Waals surface area (Å²) in [7, 11) is 0. The highest BCUT2D eigenvalue weighted by Gasteiger charge is 2.20. The van der Waals surface area contributed by atoms with Crippen LogP contribution in [0.3, 0.4) is 0 Å². The number of fused-ring (bicyclic) bond motifs is 1. The molecule has 2 N–H and O–H groups in total. The second-order valence-corrected chi connectivity index (χ2v) is 6.56. The fourth-order valence-corrected chi connectivity index (χ4v) is 3.03. The molecule has 0 fully saturated rings. The number of carboxylic acid groups (broad SMARTS) is 1. The number of rotatable bonds is 7. The Labute approximate surface area is 135 Å². The van der Waals surface area contributed by atoms with Gasteiger partial charge in [-0.2, -0.15) is 0 Å². The van der Waals surface area contributed by atoms with E-state index in [0.717, 1.165) is 22.0 Å². The van der Waals surface area contributed by atoms with Gasteiger partial charge in [0.15, 0.2) is 11.5 Å². The van der Waals surface area contributed by atoms with Crippen LogP contribution < -0.4 is 14.8 Å². The molecule has 0 radical (unpaired) electrons. The van der Waals surface area contributed by atoms with Crippen LogP contribution in [0.4, 0.5) is 0 Å². The molecule has 122 valence electrons. The van der Waals surface area contributed by atoms with Crippen molar-refractivity contribution in [1.82, 2.24) is 5.32 Å². The van der Waals surface area contributed by atoms with Crippen molar-refractivity contribution in [3.8, 4) is 11.5 Å². The minimum absolute atomic E-state index is 0.328. The van der Waals surface area contributed by atoms with Gasteiger partial charge in [-0.3, -0.25) is 4.79 Å². The monoisotopic (exact) mass is 325 g/mol. The summed E-state index contributed by atoms with van der Waals surface area (Å²) in [5.74, 6) is 1.01. The third-order valence-corrected chi connectivity index (χ3v) is 4.31. The van der Waals surface area contributed by atoms with E-state index in [-0.39, 0.29) is 0 Å². The first-order chi connectivity index (χ1) is 10.5. The minimum Gasteiger partial charge on any atom is -0.486 e. The summed E-state index contributed by atoms with van der Waals surface area (Å²) < 4.78 is 11.2. The molecule has 1 aliphatic rings. The Morgan fingerprint density at radius 2 is 1.95 bits per heavy atom. The smallest absolute Gasteiger partial charge is 0.320 e. The largest absolute Gasteiger partial charge is 0.486 e. The van der Waals surface area contributed by atoms with Gasteiger partial charge in [0.05, 0.1) is 0 Å². The molecule has 1 aromatic carbocycles. The van der Waals surface area contributed by atoms with Crippen LogP contribution in [0.2, 0.25) is 0 Å². The molecule has 0 aromatic heterocycles. The van der Waals surface area contributed by atoms with Crippen LogP contribution in [0, 0.1) is 5.92 Å². The summed E-state index contributed by atoms with van der Waals surface area (Å²) in [6.45, 7) is 5.65. The van der Waals surface area contributed by atoms with E-state index in [1.54, 1.807) is 11.8 Å². The van der Waals surface area contributed by atoms with Gasteiger partial charge in [-0.05, 0) is 36.3 Å². The van der Waals surface area contributed by atoms with Crippen LogP contribution in [0.15, 0.2) is 17.0 Å². The second-order valence-electron chi connectivity index (χ2n) is 5.71. The van der Waals surface area contributed by atoms with Gasteiger partial charge in [0.25, 0.3) is 0 Å². The Morgan fingerprint density at radius 3 is 2.50 bits per heavy atom. The quantitative estimate of drug-likeness (QED) is 0.752. The number of benzene rings is 1. The van der Waals surface area contributed by atoms with Crippen molar-refractivity contribution in [2.45, 2.75) is 37.8 Å². The van der Waals surface area contributed by atoms with Crippen LogP contribution in [-0.4, -0.2) is 36.6 Å². The molecular weight excluding hydrogens is 302 g/mol. The van der Waals surface area contributed by atoms with Crippen molar-refractivity contribution in [3.05, 3.63) is 17.7 Å². The molecule has 1 aromatic rings. The molecule has 0 aliphatic carbocycles. The molecule has 0 saturated heterocycles. The summed E-state index contributed by atoms with van der Waals surface area (Å²) in [5, 5.41) is 12.4. The van der Waals surface area contributed by atoms with E-state index in [0.29, 0.717) is 32.1 Å². The van der Waals surface area contributed by atoms with Gasteiger partial charge in [0.2, 0.25) is 0 Å². The molecule has 22 heavy (non-hydrogen) atoms. The van der Waals surface area contributed by atoms with Crippen molar-refractivity contribution in [3.63, 3.8) is 0 Å². The molecule has 0 saturated carbocycles. The van der Waals surface area contributed by atoms with Gasteiger partial charge >= 0.3 is 5.97 Å². The minimum atomic E-state index is -0.808. The summed E-state index contributed by atoms with van der Waals surface area (Å²) >= 11 is 1.62. The molecule has 1 heterocycles. The number of carboxylic acids is 1. The van der Waals surface area contributed by atoms with Gasteiger partial charge in [-0.1, -0.05) is 13.8 Å². The van der Waals surface area contributed by atoms with Crippen molar-refractivity contribution < 1.29 is 19.4 Å². The Morgan fingerprint density at radius 1 is 1.32 bits per heavy atom. The first-order valence-electron chi connectivity index (χ1n) is 7.44. The standard InChI is InChI=1S/C16H23NO4S/c1-10(2)6-12(16(18)19)17-9-11-7-13-14(8-15(11)22-3)21-5-4-20-13/h7-8,10,12,17H,4-6,9H2,1-3H3,(H,18,19). The molecule has 1 atom stereocenters. The van der Waals surface area contributed by atoms with Crippen LogP contribution in [0.5, 0.6) is 11.5 Å². The highest BCUT2D eigenvalue weighted by Crippen LogP contribution is 2.36. The van der Waals surface area contributed by atoms with Gasteiger partial charge in [0.1, 0.15) is 19.3 Å². The lowest BCUT2D eigenvalue weighted by atomic mass is 10.0. The van der Waals surface area contributed by atoms with Crippen molar-refractivity contribution >= 4 is 17.7 Å². The average molecular weight is 325 g/mol. The van der Waals surface area contributed by atoms with E-state index >= 15 is 0 Å². The predicted molar refractivity (Wildman–Crippen MR) is 86.9 cm³/mol. The Balaban J connectivity index is 2.12. The third-order valence-electron chi connectivity index (χ3n) is 3.49. The van der Waals surface area contributed by atoms with Gasteiger partial charge in [-0.25, -0.2) is 0 Å². The van der Waals surface area contributed by atoms with E-state index < -0.39 is 12.0 Å². The Bertz CT molecular complexity index is 533. The van der Waals surface area contributed by atoms with Crippen LogP contribution in [0.25, 0.3) is 0 Å². The molecule has 6 heteroatoms. The van der Waals surface area contributed by atoms with Crippen LogP contribution >= 0.6 is 11.8 Å². The number of aliphatic carboxylic acids is 1. The van der Waals surface area contributed by atoms with Crippen molar-refractivity contribution in [1.29, 1.82) is 0 Å². The molecule has 0 bridgehead atoms. The van der Waals surface area contributed by atoms with Gasteiger partial charge in [-0.15, -0.1) is 11.8 Å². The molecule has 2 rings (SSSR count). The lowest BCUT2D eigenvalue weighted by Crippen LogP contribution is -2.37. The number of nitrogens with one attached hydrogen (secondary N) is 1. The fourth-order valence-electron chi connectivity index (χ4n) is 2.42. The van der Waals surface area contributed by atoms with E-state index in [9.17, 15) is 9.90 Å². The summed E-state index contributed by atoms with van der Waals surface area (Å²) in [4.78, 5) is 12.4. The highest BCUT2D eigenvalue weighted by atomic mass is 32.2. The maximum absolute atomic E-state index is 11.3. The fraction of sp³-hybridized carbons (Fsp3) is 0.562. The lowest BCUT2D eigenvalue weighted by molar-refractivity contribution is -0.140. The zero-order valence-electron chi connectivity index (χ0n) is 13.2. The average Bonchev–Trinajstić information content (AvgIpc) is 2.49. The first kappa shape index (κ1) is 17.0. The SMILES string of the molecule is CSc1cc2c(cc1CNC(CC(C)C)C(=O)O)OCCO2. The third kappa shape index (κ3) is 4.30. The van der Waals surface area contributed by atoms with E-state index in [2.05, 4.69) is 5.32 Å². The summed E-state index contributed by atoms with van der Waals surface area (Å²) in [5.41, 5.74) is 1.03. The number of hydrogen-bond donors (Lipinski definition) is 2. The van der Waals surface area contributed by atoms with Crippen molar-refractivity contribution in [2.24, 2.45) is 5.92 Å². The number of thioether (sulfide) groups is 1. The summed E-state index contributed by atoms with van der Waals surface area (Å²) in [6, 6.07) is 3.37. The molecule has 1 unspecified atom stereocenters. The van der Waals surface area contributed by atoms with E-state index in [1.165, 1.54) is 0 Å². The zero-order chi connectivity index (χ0) is 16.1. The van der Waals surface area contributed by atoms with Crippen molar-refractivity contribution in [2.75, 3.05) is 19.5 Å². The highest BCUT2D eigenvalue weighted by molar-refractivity contribution is 7.98. The number of hydrogen-bond acceptors (Lipinski definition) is 5. The predicted octanol–water partition coefficient (Wildman–Crippen LogP) is 2.77. The maximum atomic E-state index is 11.3. The molecule has 0 amide bonds. The maximum Gasteiger partial charge on any atom is 0.320 e. The molecular formula is C16H23NO4S. The van der Waals surface area contributed by atoms with E-state index in [4.69, 9.17) is 9.47 Å². The number of ether oxygens (including phenoxy) is 2. The zero-order valence-corrected chi connectivity index (χ0v) is 14.0. The van der Waals surface area contributed by atoms with Crippen LogP contribution in [-0.2, 0) is 11.3 Å².